The van der Waals surface area contributed by atoms with E-state index in [2.05, 4.69) is 169 Å². The van der Waals surface area contributed by atoms with E-state index in [0.29, 0.717) is 0 Å². The molecule has 1 heterocycles. The van der Waals surface area contributed by atoms with Crippen LogP contribution in [0.2, 0.25) is 0 Å². The first kappa shape index (κ1) is 26.9. The zero-order valence-electron chi connectivity index (χ0n) is 26.2. The van der Waals surface area contributed by atoms with Gasteiger partial charge in [0.05, 0.1) is 0 Å². The van der Waals surface area contributed by atoms with E-state index in [4.69, 9.17) is 0 Å². The third-order valence-corrected chi connectivity index (χ3v) is 10.1. The summed E-state index contributed by atoms with van der Waals surface area (Å²) in [4.78, 5) is 4.47. The van der Waals surface area contributed by atoms with Crippen LogP contribution in [0.5, 0.6) is 0 Å². The Kier molecular flexibility index (Phi) is 5.94. The Morgan fingerprint density at radius 3 is 1.31 bits per heavy atom. The number of benzene rings is 8. The molecule has 48 heavy (non-hydrogen) atoms. The van der Waals surface area contributed by atoms with Gasteiger partial charge in [-0.15, -0.1) is 0 Å². The van der Waals surface area contributed by atoms with Crippen LogP contribution in [0.1, 0.15) is 0 Å². The van der Waals surface area contributed by atoms with Gasteiger partial charge in [-0.2, -0.15) is 0 Å². The minimum atomic E-state index is 1.19. The normalized spacial score (nSPS) is 11.8. The summed E-state index contributed by atoms with van der Waals surface area (Å²) in [6.07, 6.45) is 3.90. The molecule has 0 fully saturated rings. The molecule has 0 saturated carbocycles. The zero-order chi connectivity index (χ0) is 31.6. The average molecular weight is 608 g/mol. The van der Waals surface area contributed by atoms with E-state index in [1.54, 1.807) is 0 Å². The standard InChI is InChI=1S/C47H29N/c1-2-13-35-34(12-1)36-14-3-4-16-38(36)42-22-20-32(27-45(42)40-18-7-5-15-37(35)40)30-10-9-11-31(26-30)33-21-23-43-39-17-6-8-19-41(39)47-29-48-25-24-44(47)46(43)28-33/h1-29H. The minimum Gasteiger partial charge on any atom is -0.264 e. The number of aromatic nitrogens is 1. The number of fused-ring (bicyclic) bond motifs is 14. The summed E-state index contributed by atoms with van der Waals surface area (Å²) >= 11 is 0. The van der Waals surface area contributed by atoms with Gasteiger partial charge in [0.15, 0.2) is 0 Å². The highest BCUT2D eigenvalue weighted by atomic mass is 14.6. The molecule has 0 radical (unpaired) electrons. The molecule has 0 atom stereocenters. The Bertz CT molecular complexity index is 2690. The predicted octanol–water partition coefficient (Wildman–Crippen LogP) is 12.9. The van der Waals surface area contributed by atoms with Gasteiger partial charge in [0, 0.05) is 17.8 Å². The van der Waals surface area contributed by atoms with E-state index < -0.39 is 0 Å². The van der Waals surface area contributed by atoms with Crippen molar-refractivity contribution in [2.45, 2.75) is 0 Å². The molecule has 0 bridgehead atoms. The van der Waals surface area contributed by atoms with Crippen molar-refractivity contribution < 1.29 is 0 Å². The van der Waals surface area contributed by atoms with Gasteiger partial charge in [0.2, 0.25) is 0 Å². The molecule has 1 aromatic heterocycles. The quantitative estimate of drug-likeness (QED) is 0.178. The van der Waals surface area contributed by atoms with Gasteiger partial charge in [-0.1, -0.05) is 140 Å². The molecular formula is C47H29N. The Labute approximate surface area is 279 Å². The second-order valence-corrected chi connectivity index (χ2v) is 12.7. The highest BCUT2D eigenvalue weighted by molar-refractivity contribution is 6.25. The number of pyridine rings is 1. The van der Waals surface area contributed by atoms with Crippen molar-refractivity contribution in [3.8, 4) is 66.8 Å². The molecule has 1 aliphatic carbocycles. The van der Waals surface area contributed by atoms with Crippen LogP contribution in [-0.2, 0) is 0 Å². The summed E-state index contributed by atoms with van der Waals surface area (Å²) in [6.45, 7) is 0. The van der Waals surface area contributed by atoms with E-state index in [9.17, 15) is 0 Å². The lowest BCUT2D eigenvalue weighted by Gasteiger charge is -2.23. The number of hydrogen-bond acceptors (Lipinski definition) is 1. The summed E-state index contributed by atoms with van der Waals surface area (Å²) < 4.78 is 0. The second-order valence-electron chi connectivity index (χ2n) is 12.7. The predicted molar refractivity (Wildman–Crippen MR) is 203 cm³/mol. The van der Waals surface area contributed by atoms with Gasteiger partial charge in [-0.25, -0.2) is 0 Å². The van der Waals surface area contributed by atoms with Crippen molar-refractivity contribution in [1.29, 1.82) is 0 Å². The molecule has 0 unspecified atom stereocenters. The minimum absolute atomic E-state index is 1.19. The maximum Gasteiger partial charge on any atom is 0.0352 e. The maximum absolute atomic E-state index is 4.47. The van der Waals surface area contributed by atoms with Crippen LogP contribution in [0.4, 0.5) is 0 Å². The number of hydrogen-bond donors (Lipinski definition) is 0. The highest BCUT2D eigenvalue weighted by Gasteiger charge is 2.22. The van der Waals surface area contributed by atoms with E-state index in [1.807, 2.05) is 12.4 Å². The van der Waals surface area contributed by atoms with Crippen LogP contribution in [0.3, 0.4) is 0 Å². The molecule has 0 N–H and O–H groups in total. The summed E-state index contributed by atoms with van der Waals surface area (Å²) in [5, 5.41) is 7.46. The molecule has 0 amide bonds. The lowest BCUT2D eigenvalue weighted by atomic mass is 9.80. The van der Waals surface area contributed by atoms with Crippen LogP contribution in [0.25, 0.3) is 99.1 Å². The SMILES string of the molecule is c1cc(-c2ccc3c(c2)-c2ccccc2-c2ccccc2-c2ccccc2-3)cc(-c2ccc3c4ccccc4c4cnccc4c3c2)c1. The molecule has 10 rings (SSSR count). The van der Waals surface area contributed by atoms with E-state index >= 15 is 0 Å². The number of rotatable bonds is 2. The largest absolute Gasteiger partial charge is 0.264 e. The fourth-order valence-corrected chi connectivity index (χ4v) is 7.90. The fourth-order valence-electron chi connectivity index (χ4n) is 7.90. The summed E-state index contributed by atoms with van der Waals surface area (Å²) in [5.41, 5.74) is 14.9. The van der Waals surface area contributed by atoms with Crippen LogP contribution < -0.4 is 0 Å². The van der Waals surface area contributed by atoms with Gasteiger partial charge < -0.3 is 0 Å². The molecule has 0 aliphatic heterocycles. The lowest BCUT2D eigenvalue weighted by Crippen LogP contribution is -1.97. The van der Waals surface area contributed by atoms with Crippen molar-refractivity contribution in [3.05, 3.63) is 176 Å². The summed E-state index contributed by atoms with van der Waals surface area (Å²) in [7, 11) is 0. The van der Waals surface area contributed by atoms with Crippen molar-refractivity contribution in [2.24, 2.45) is 0 Å². The lowest BCUT2D eigenvalue weighted by molar-refractivity contribution is 1.37. The van der Waals surface area contributed by atoms with E-state index in [1.165, 1.54) is 99.1 Å². The van der Waals surface area contributed by atoms with Crippen LogP contribution in [0, 0.1) is 0 Å². The first-order chi connectivity index (χ1) is 23.8. The maximum atomic E-state index is 4.47. The third-order valence-electron chi connectivity index (χ3n) is 10.1. The fraction of sp³-hybridized carbons (Fsp3) is 0. The van der Waals surface area contributed by atoms with Crippen molar-refractivity contribution in [2.75, 3.05) is 0 Å². The summed E-state index contributed by atoms with van der Waals surface area (Å²) in [5.74, 6) is 0. The topological polar surface area (TPSA) is 12.9 Å². The summed E-state index contributed by atoms with van der Waals surface area (Å²) in [6, 6.07) is 60.2. The highest BCUT2D eigenvalue weighted by Crippen LogP contribution is 2.48. The Hall–Kier alpha value is -6.31. The monoisotopic (exact) mass is 607 g/mol. The average Bonchev–Trinajstić information content (AvgIpc) is 3.17. The first-order valence-electron chi connectivity index (χ1n) is 16.5. The van der Waals surface area contributed by atoms with Gasteiger partial charge in [0.25, 0.3) is 0 Å². The van der Waals surface area contributed by atoms with Crippen molar-refractivity contribution >= 4 is 32.3 Å². The van der Waals surface area contributed by atoms with E-state index in [0.717, 1.165) is 0 Å². The molecule has 9 aromatic rings. The van der Waals surface area contributed by atoms with E-state index in [-0.39, 0.29) is 0 Å². The molecule has 1 aliphatic rings. The third kappa shape index (κ3) is 4.08. The molecular weight excluding hydrogens is 579 g/mol. The zero-order valence-corrected chi connectivity index (χ0v) is 26.2. The Balaban J connectivity index is 1.15. The molecule has 222 valence electrons. The first-order valence-corrected chi connectivity index (χ1v) is 16.5. The van der Waals surface area contributed by atoms with Crippen LogP contribution in [-0.4, -0.2) is 4.98 Å². The van der Waals surface area contributed by atoms with Gasteiger partial charge in [-0.05, 0) is 118 Å². The second kappa shape index (κ2) is 10.6. The molecule has 8 aromatic carbocycles. The molecule has 0 spiro atoms. The molecule has 1 nitrogen and oxygen atoms in total. The van der Waals surface area contributed by atoms with Gasteiger partial charge >= 0.3 is 0 Å². The Morgan fingerprint density at radius 2 is 0.688 bits per heavy atom. The Morgan fingerprint density at radius 1 is 0.250 bits per heavy atom. The molecule has 1 heteroatoms. The smallest absolute Gasteiger partial charge is 0.0352 e. The van der Waals surface area contributed by atoms with Gasteiger partial charge in [0.1, 0.15) is 0 Å². The van der Waals surface area contributed by atoms with Gasteiger partial charge in [-0.3, -0.25) is 4.98 Å². The number of nitrogens with zero attached hydrogens (tertiary/aromatic N) is 1. The van der Waals surface area contributed by atoms with Crippen molar-refractivity contribution in [3.63, 3.8) is 0 Å². The van der Waals surface area contributed by atoms with Crippen LogP contribution >= 0.6 is 0 Å². The molecule has 0 saturated heterocycles. The van der Waals surface area contributed by atoms with Crippen LogP contribution in [0.15, 0.2) is 176 Å². The van der Waals surface area contributed by atoms with Crippen molar-refractivity contribution in [1.82, 2.24) is 4.98 Å².